The van der Waals surface area contributed by atoms with Crippen molar-refractivity contribution in [2.24, 2.45) is 0 Å². The summed E-state index contributed by atoms with van der Waals surface area (Å²) in [6.07, 6.45) is 0.684. The second kappa shape index (κ2) is 6.27. The summed E-state index contributed by atoms with van der Waals surface area (Å²) in [5.74, 6) is 0. The largest absolute Gasteiger partial charge is 0.383 e. The van der Waals surface area contributed by atoms with Crippen LogP contribution in [0.15, 0.2) is 12.1 Å². The first-order valence-electron chi connectivity index (χ1n) is 5.35. The number of aryl methyl sites for hydroxylation is 1. The molecule has 0 aliphatic rings. The third-order valence-electron chi connectivity index (χ3n) is 2.54. The van der Waals surface area contributed by atoms with Gasteiger partial charge in [-0.2, -0.15) is 0 Å². The Hall–Kier alpha value is -1.53. The van der Waals surface area contributed by atoms with E-state index in [1.807, 2.05) is 7.05 Å². The summed E-state index contributed by atoms with van der Waals surface area (Å²) in [5, 5.41) is 13.8. The molecule has 0 saturated heterocycles. The number of rotatable bonds is 6. The first kappa shape index (κ1) is 13.5. The zero-order chi connectivity index (χ0) is 12.8. The lowest BCUT2D eigenvalue weighted by atomic mass is 10.1. The Balaban J connectivity index is 2.79. The molecule has 1 aromatic heterocycles. The summed E-state index contributed by atoms with van der Waals surface area (Å²) in [7, 11) is 3.49. The Morgan fingerprint density at radius 3 is 2.76 bits per heavy atom. The average Bonchev–Trinajstić information content (AvgIpc) is 2.28. The maximum absolute atomic E-state index is 10.6. The minimum absolute atomic E-state index is 0.0569. The topological polar surface area (TPSA) is 77.3 Å². The van der Waals surface area contributed by atoms with E-state index in [-0.39, 0.29) is 11.7 Å². The van der Waals surface area contributed by atoms with Gasteiger partial charge >= 0.3 is 0 Å². The van der Waals surface area contributed by atoms with Crippen LogP contribution in [0.5, 0.6) is 0 Å². The number of likely N-dealkylation sites (N-methyl/N-ethyl adjacent to an activating group) is 1. The Morgan fingerprint density at radius 2 is 2.29 bits per heavy atom. The normalized spacial score (nSPS) is 12.4. The van der Waals surface area contributed by atoms with Gasteiger partial charge in [0.1, 0.15) is 5.69 Å². The molecule has 17 heavy (non-hydrogen) atoms. The average molecular weight is 239 g/mol. The Morgan fingerprint density at radius 1 is 1.59 bits per heavy atom. The van der Waals surface area contributed by atoms with Crippen LogP contribution >= 0.6 is 0 Å². The molecule has 0 fully saturated rings. The monoisotopic (exact) mass is 239 g/mol. The summed E-state index contributed by atoms with van der Waals surface area (Å²) < 4.78 is 5.06. The van der Waals surface area contributed by atoms with E-state index in [1.165, 1.54) is 6.07 Å². The highest BCUT2D eigenvalue weighted by molar-refractivity contribution is 5.35. The zero-order valence-corrected chi connectivity index (χ0v) is 10.3. The molecule has 0 radical (unpaired) electrons. The molecule has 1 unspecified atom stereocenters. The highest BCUT2D eigenvalue weighted by Crippen LogP contribution is 2.16. The molecule has 1 aromatic rings. The molecule has 6 nitrogen and oxygen atoms in total. The summed E-state index contributed by atoms with van der Waals surface area (Å²) in [4.78, 5) is 14.5. The van der Waals surface area contributed by atoms with Crippen LogP contribution in [0.4, 0.5) is 5.69 Å². The summed E-state index contributed by atoms with van der Waals surface area (Å²) in [5.41, 5.74) is 1.32. The molecule has 6 heteroatoms. The van der Waals surface area contributed by atoms with E-state index in [0.29, 0.717) is 18.7 Å². The molecule has 1 heterocycles. The van der Waals surface area contributed by atoms with Gasteiger partial charge in [0.05, 0.1) is 11.5 Å². The van der Waals surface area contributed by atoms with Crippen molar-refractivity contribution >= 4 is 5.69 Å². The van der Waals surface area contributed by atoms with Crippen molar-refractivity contribution < 1.29 is 9.66 Å². The summed E-state index contributed by atoms with van der Waals surface area (Å²) in [6, 6.07) is 3.34. The maximum Gasteiger partial charge on any atom is 0.290 e. The van der Waals surface area contributed by atoms with Crippen LogP contribution in [0.3, 0.4) is 0 Å². The molecule has 94 valence electrons. The second-order valence-corrected chi connectivity index (χ2v) is 3.81. The Bertz CT molecular complexity index is 396. The second-order valence-electron chi connectivity index (χ2n) is 3.81. The smallest absolute Gasteiger partial charge is 0.290 e. The fourth-order valence-corrected chi connectivity index (χ4v) is 1.61. The van der Waals surface area contributed by atoms with Gasteiger partial charge in [-0.05, 0) is 20.0 Å². The van der Waals surface area contributed by atoms with Gasteiger partial charge in [0.25, 0.3) is 5.69 Å². The van der Waals surface area contributed by atoms with Gasteiger partial charge in [-0.1, -0.05) is 0 Å². The van der Waals surface area contributed by atoms with Crippen LogP contribution in [0, 0.1) is 17.0 Å². The van der Waals surface area contributed by atoms with Crippen molar-refractivity contribution in [3.05, 3.63) is 33.6 Å². The molecule has 0 aliphatic carbocycles. The van der Waals surface area contributed by atoms with Gasteiger partial charge in [0.2, 0.25) is 0 Å². The van der Waals surface area contributed by atoms with Gasteiger partial charge in [-0.25, -0.2) is 0 Å². The van der Waals surface area contributed by atoms with E-state index in [4.69, 9.17) is 4.74 Å². The highest BCUT2D eigenvalue weighted by Gasteiger charge is 2.14. The number of hydrogen-bond donors (Lipinski definition) is 1. The van der Waals surface area contributed by atoms with E-state index in [1.54, 1.807) is 20.1 Å². The molecule has 0 saturated carbocycles. The van der Waals surface area contributed by atoms with Gasteiger partial charge in [0.15, 0.2) is 0 Å². The van der Waals surface area contributed by atoms with Crippen molar-refractivity contribution in [3.8, 4) is 0 Å². The molecule has 0 aromatic carbocycles. The molecule has 1 rings (SSSR count). The number of nitro groups is 1. The molecular weight excluding hydrogens is 222 g/mol. The van der Waals surface area contributed by atoms with Crippen LogP contribution in [0.25, 0.3) is 0 Å². The predicted octanol–water partition coefficient (Wildman–Crippen LogP) is 1.08. The molecular formula is C11H17N3O3. The summed E-state index contributed by atoms with van der Waals surface area (Å²) in [6.45, 7) is 2.22. The molecule has 1 N–H and O–H groups in total. The zero-order valence-electron chi connectivity index (χ0n) is 10.3. The third kappa shape index (κ3) is 3.76. The molecule has 0 spiro atoms. The SMILES string of the molecule is CNC(COC)Cc1ccc([N+](=O)[O-])c(C)n1. The number of nitrogens with zero attached hydrogens (tertiary/aromatic N) is 2. The van der Waals surface area contributed by atoms with Crippen LogP contribution in [0.2, 0.25) is 0 Å². The summed E-state index contributed by atoms with van der Waals surface area (Å²) >= 11 is 0. The first-order chi connectivity index (χ1) is 8.08. The standard InChI is InChI=1S/C11H17N3O3/c1-8-11(14(15)16)5-4-9(13-8)6-10(12-2)7-17-3/h4-5,10,12H,6-7H2,1-3H3. The van der Waals surface area contributed by atoms with E-state index < -0.39 is 4.92 Å². The predicted molar refractivity (Wildman–Crippen MR) is 64.1 cm³/mol. The number of nitrogens with one attached hydrogen (secondary N) is 1. The number of pyridine rings is 1. The highest BCUT2D eigenvalue weighted by atomic mass is 16.6. The van der Waals surface area contributed by atoms with Crippen LogP contribution in [-0.4, -0.2) is 36.7 Å². The third-order valence-corrected chi connectivity index (χ3v) is 2.54. The van der Waals surface area contributed by atoms with Gasteiger partial charge in [-0.3, -0.25) is 15.1 Å². The van der Waals surface area contributed by atoms with E-state index in [2.05, 4.69) is 10.3 Å². The minimum Gasteiger partial charge on any atom is -0.383 e. The van der Waals surface area contributed by atoms with Crippen molar-refractivity contribution in [2.75, 3.05) is 20.8 Å². The van der Waals surface area contributed by atoms with E-state index in [0.717, 1.165) is 5.69 Å². The number of hydrogen-bond acceptors (Lipinski definition) is 5. The fourth-order valence-electron chi connectivity index (χ4n) is 1.61. The molecule has 0 bridgehead atoms. The quantitative estimate of drug-likeness (QED) is 0.593. The molecule has 1 atom stereocenters. The Labute approximate surface area is 100 Å². The van der Waals surface area contributed by atoms with Crippen molar-refractivity contribution in [1.82, 2.24) is 10.3 Å². The molecule has 0 aliphatic heterocycles. The lowest BCUT2D eigenvalue weighted by molar-refractivity contribution is -0.385. The minimum atomic E-state index is -0.420. The lowest BCUT2D eigenvalue weighted by Crippen LogP contribution is -2.32. The van der Waals surface area contributed by atoms with E-state index in [9.17, 15) is 10.1 Å². The van der Waals surface area contributed by atoms with Crippen LogP contribution in [0.1, 0.15) is 11.4 Å². The van der Waals surface area contributed by atoms with Crippen LogP contribution < -0.4 is 5.32 Å². The lowest BCUT2D eigenvalue weighted by Gasteiger charge is -2.14. The Kier molecular flexibility index (Phi) is 4.99. The van der Waals surface area contributed by atoms with E-state index >= 15 is 0 Å². The maximum atomic E-state index is 10.6. The van der Waals surface area contributed by atoms with Gasteiger partial charge < -0.3 is 10.1 Å². The van der Waals surface area contributed by atoms with Crippen molar-refractivity contribution in [2.45, 2.75) is 19.4 Å². The van der Waals surface area contributed by atoms with Crippen molar-refractivity contribution in [1.29, 1.82) is 0 Å². The van der Waals surface area contributed by atoms with Crippen LogP contribution in [-0.2, 0) is 11.2 Å². The van der Waals surface area contributed by atoms with Gasteiger partial charge in [-0.15, -0.1) is 0 Å². The number of ether oxygens (including phenoxy) is 1. The number of methoxy groups -OCH3 is 1. The van der Waals surface area contributed by atoms with Crippen molar-refractivity contribution in [3.63, 3.8) is 0 Å². The molecule has 0 amide bonds. The number of aromatic nitrogens is 1. The fraction of sp³-hybridized carbons (Fsp3) is 0.545. The first-order valence-corrected chi connectivity index (χ1v) is 5.35. The van der Waals surface area contributed by atoms with Gasteiger partial charge in [0, 0.05) is 31.3 Å².